The van der Waals surface area contributed by atoms with E-state index in [1.807, 2.05) is 13.8 Å². The number of nitrogens with zero attached hydrogens (tertiary/aromatic N) is 1. The molecule has 0 radical (unpaired) electrons. The zero-order chi connectivity index (χ0) is 17.4. The Kier molecular flexibility index (Phi) is 7.74. The van der Waals surface area contributed by atoms with Crippen molar-refractivity contribution >= 4 is 33.7 Å². The summed E-state index contributed by atoms with van der Waals surface area (Å²) in [4.78, 5) is 36.9. The number of carbonyl (C=O) groups excluding carboxylic acids is 3. The van der Waals surface area contributed by atoms with Crippen LogP contribution in [0.5, 0.6) is 0 Å². The van der Waals surface area contributed by atoms with Crippen LogP contribution in [0.4, 0.5) is 0 Å². The highest BCUT2D eigenvalue weighted by molar-refractivity contribution is 9.10. The summed E-state index contributed by atoms with van der Waals surface area (Å²) in [5.41, 5.74) is 0.524. The van der Waals surface area contributed by atoms with E-state index in [0.717, 1.165) is 4.47 Å². The number of amides is 2. The number of hydrogen-bond donors (Lipinski definition) is 1. The normalized spacial score (nSPS) is 10.3. The van der Waals surface area contributed by atoms with E-state index in [0.29, 0.717) is 5.56 Å². The maximum Gasteiger partial charge on any atom is 0.325 e. The smallest absolute Gasteiger partial charge is 0.325 e. The molecule has 7 heteroatoms. The first-order valence-corrected chi connectivity index (χ1v) is 8.04. The van der Waals surface area contributed by atoms with Crippen molar-refractivity contribution in [3.05, 3.63) is 34.3 Å². The Bertz CT molecular complexity index is 558. The third-order valence-corrected chi connectivity index (χ3v) is 3.73. The topological polar surface area (TPSA) is 75.7 Å². The second kappa shape index (κ2) is 9.29. The van der Waals surface area contributed by atoms with E-state index in [4.69, 9.17) is 0 Å². The van der Waals surface area contributed by atoms with Gasteiger partial charge in [0.2, 0.25) is 5.91 Å². The van der Waals surface area contributed by atoms with E-state index < -0.39 is 5.97 Å². The molecule has 0 heterocycles. The molecule has 0 bridgehead atoms. The standard InChI is InChI=1S/C16H21BrN2O4/c1-11(2)19(10-15(21)23-3)14(20)8-9-18-16(22)12-4-6-13(17)7-5-12/h4-7,11H,8-10H2,1-3H3,(H,18,22). The second-order valence-electron chi connectivity index (χ2n) is 5.20. The number of methoxy groups -OCH3 is 1. The molecular weight excluding hydrogens is 364 g/mol. The maximum atomic E-state index is 12.2. The van der Waals surface area contributed by atoms with E-state index in [-0.39, 0.29) is 37.4 Å². The summed E-state index contributed by atoms with van der Waals surface area (Å²) in [5.74, 6) is -0.915. The van der Waals surface area contributed by atoms with Crippen LogP contribution in [0.15, 0.2) is 28.7 Å². The Labute approximate surface area is 144 Å². The lowest BCUT2D eigenvalue weighted by Crippen LogP contribution is -2.42. The Balaban J connectivity index is 2.49. The summed E-state index contributed by atoms with van der Waals surface area (Å²) in [7, 11) is 1.28. The van der Waals surface area contributed by atoms with Gasteiger partial charge in [-0.25, -0.2) is 0 Å². The molecule has 0 saturated heterocycles. The van der Waals surface area contributed by atoms with Crippen molar-refractivity contribution in [1.29, 1.82) is 0 Å². The van der Waals surface area contributed by atoms with Crippen LogP contribution in [0.2, 0.25) is 0 Å². The van der Waals surface area contributed by atoms with Crippen molar-refractivity contribution < 1.29 is 19.1 Å². The summed E-state index contributed by atoms with van der Waals surface area (Å²) >= 11 is 3.30. The molecule has 0 aliphatic rings. The highest BCUT2D eigenvalue weighted by Gasteiger charge is 2.20. The highest BCUT2D eigenvalue weighted by atomic mass is 79.9. The van der Waals surface area contributed by atoms with Crippen LogP contribution in [0, 0.1) is 0 Å². The number of carbonyl (C=O) groups is 3. The molecule has 0 atom stereocenters. The van der Waals surface area contributed by atoms with E-state index in [1.54, 1.807) is 24.3 Å². The molecule has 0 saturated carbocycles. The van der Waals surface area contributed by atoms with Crippen LogP contribution >= 0.6 is 15.9 Å². The summed E-state index contributed by atoms with van der Waals surface area (Å²) in [5, 5.41) is 2.69. The number of esters is 1. The van der Waals surface area contributed by atoms with Gasteiger partial charge in [0.1, 0.15) is 6.54 Å². The van der Waals surface area contributed by atoms with E-state index in [1.165, 1.54) is 12.0 Å². The van der Waals surface area contributed by atoms with E-state index in [9.17, 15) is 14.4 Å². The first-order valence-electron chi connectivity index (χ1n) is 7.25. The van der Waals surface area contributed by atoms with Crippen molar-refractivity contribution in [3.63, 3.8) is 0 Å². The fraction of sp³-hybridized carbons (Fsp3) is 0.438. The van der Waals surface area contributed by atoms with Gasteiger partial charge in [0, 0.05) is 29.0 Å². The quantitative estimate of drug-likeness (QED) is 0.729. The fourth-order valence-corrected chi connectivity index (χ4v) is 2.16. The molecule has 1 rings (SSSR count). The highest BCUT2D eigenvalue weighted by Crippen LogP contribution is 2.10. The zero-order valence-electron chi connectivity index (χ0n) is 13.5. The number of hydrogen-bond acceptors (Lipinski definition) is 4. The van der Waals surface area contributed by atoms with Gasteiger partial charge in [-0.3, -0.25) is 14.4 Å². The number of rotatable bonds is 7. The van der Waals surface area contributed by atoms with Gasteiger partial charge in [-0.2, -0.15) is 0 Å². The van der Waals surface area contributed by atoms with Gasteiger partial charge in [0.15, 0.2) is 0 Å². The molecule has 1 aromatic carbocycles. The minimum Gasteiger partial charge on any atom is -0.468 e. The van der Waals surface area contributed by atoms with Gasteiger partial charge in [0.05, 0.1) is 7.11 Å². The lowest BCUT2D eigenvalue weighted by molar-refractivity contribution is -0.148. The van der Waals surface area contributed by atoms with Gasteiger partial charge in [0.25, 0.3) is 5.91 Å². The van der Waals surface area contributed by atoms with Crippen LogP contribution in [0.3, 0.4) is 0 Å². The minimum atomic E-state index is -0.467. The largest absolute Gasteiger partial charge is 0.468 e. The molecule has 6 nitrogen and oxygen atoms in total. The first-order chi connectivity index (χ1) is 10.8. The number of halogens is 1. The molecule has 0 spiro atoms. The van der Waals surface area contributed by atoms with Gasteiger partial charge in [-0.05, 0) is 38.1 Å². The van der Waals surface area contributed by atoms with Crippen LogP contribution < -0.4 is 5.32 Å². The van der Waals surface area contributed by atoms with Crippen molar-refractivity contribution in [1.82, 2.24) is 10.2 Å². The average Bonchev–Trinajstić information content (AvgIpc) is 2.52. The summed E-state index contributed by atoms with van der Waals surface area (Å²) in [6, 6.07) is 6.81. The number of benzene rings is 1. The summed E-state index contributed by atoms with van der Waals surface area (Å²) in [6.07, 6.45) is 0.122. The first kappa shape index (κ1) is 19.2. The predicted octanol–water partition coefficient (Wildman–Crippen LogP) is 1.98. The van der Waals surface area contributed by atoms with Gasteiger partial charge >= 0.3 is 5.97 Å². The van der Waals surface area contributed by atoms with E-state index >= 15 is 0 Å². The third-order valence-electron chi connectivity index (χ3n) is 3.20. The molecule has 1 N–H and O–H groups in total. The molecule has 0 aliphatic heterocycles. The lowest BCUT2D eigenvalue weighted by Gasteiger charge is -2.25. The molecule has 0 aliphatic carbocycles. The molecule has 0 aromatic heterocycles. The Morgan fingerprint density at radius 1 is 1.22 bits per heavy atom. The molecule has 2 amide bonds. The zero-order valence-corrected chi connectivity index (χ0v) is 15.1. The molecule has 0 fully saturated rings. The number of ether oxygens (including phenoxy) is 1. The van der Waals surface area contributed by atoms with Crippen LogP contribution in [0.25, 0.3) is 0 Å². The van der Waals surface area contributed by atoms with Crippen molar-refractivity contribution in [2.75, 3.05) is 20.2 Å². The second-order valence-corrected chi connectivity index (χ2v) is 6.12. The third kappa shape index (κ3) is 6.40. The Morgan fingerprint density at radius 3 is 2.35 bits per heavy atom. The van der Waals surface area contributed by atoms with Crippen molar-refractivity contribution in [2.45, 2.75) is 26.3 Å². The molecule has 0 unspecified atom stereocenters. The van der Waals surface area contributed by atoms with Crippen LogP contribution in [-0.4, -0.2) is 48.9 Å². The molecule has 23 heavy (non-hydrogen) atoms. The average molecular weight is 385 g/mol. The Morgan fingerprint density at radius 2 is 1.83 bits per heavy atom. The summed E-state index contributed by atoms with van der Waals surface area (Å²) in [6.45, 7) is 3.76. The van der Waals surface area contributed by atoms with E-state index in [2.05, 4.69) is 26.0 Å². The van der Waals surface area contributed by atoms with Gasteiger partial charge in [-0.15, -0.1) is 0 Å². The van der Waals surface area contributed by atoms with Gasteiger partial charge in [-0.1, -0.05) is 15.9 Å². The maximum absolute atomic E-state index is 12.2. The molecular formula is C16H21BrN2O4. The Hall–Kier alpha value is -1.89. The van der Waals surface area contributed by atoms with Crippen molar-refractivity contribution in [2.24, 2.45) is 0 Å². The summed E-state index contributed by atoms with van der Waals surface area (Å²) < 4.78 is 5.47. The minimum absolute atomic E-state index is 0.0896. The SMILES string of the molecule is COC(=O)CN(C(=O)CCNC(=O)c1ccc(Br)cc1)C(C)C. The van der Waals surface area contributed by atoms with Crippen LogP contribution in [0.1, 0.15) is 30.6 Å². The monoisotopic (exact) mass is 384 g/mol. The number of nitrogens with one attached hydrogen (secondary N) is 1. The lowest BCUT2D eigenvalue weighted by atomic mass is 10.2. The van der Waals surface area contributed by atoms with Crippen molar-refractivity contribution in [3.8, 4) is 0 Å². The fourth-order valence-electron chi connectivity index (χ4n) is 1.89. The molecule has 126 valence electrons. The predicted molar refractivity (Wildman–Crippen MR) is 90.0 cm³/mol. The molecule has 1 aromatic rings. The van der Waals surface area contributed by atoms with Crippen LogP contribution in [-0.2, 0) is 14.3 Å². The van der Waals surface area contributed by atoms with Gasteiger partial charge < -0.3 is 15.0 Å².